The summed E-state index contributed by atoms with van der Waals surface area (Å²) in [5, 5.41) is 13.5. The summed E-state index contributed by atoms with van der Waals surface area (Å²) in [5.74, 6) is 2.32. The van der Waals surface area contributed by atoms with Gasteiger partial charge in [0.15, 0.2) is 5.82 Å². The Morgan fingerprint density at radius 3 is 2.68 bits per heavy atom. The Bertz CT molecular complexity index is 1570. The van der Waals surface area contributed by atoms with Crippen molar-refractivity contribution in [3.05, 3.63) is 91.8 Å². The predicted molar refractivity (Wildman–Crippen MR) is 149 cm³/mol. The summed E-state index contributed by atoms with van der Waals surface area (Å²) in [4.78, 5) is 19.6. The minimum atomic E-state index is -0.869. The van der Waals surface area contributed by atoms with Gasteiger partial charge in [-0.3, -0.25) is 14.4 Å². The van der Waals surface area contributed by atoms with Gasteiger partial charge in [-0.2, -0.15) is 0 Å². The molecule has 7 nitrogen and oxygen atoms in total. The zero-order chi connectivity index (χ0) is 25.8. The quantitative estimate of drug-likeness (QED) is 0.336. The summed E-state index contributed by atoms with van der Waals surface area (Å²) in [6.07, 6.45) is 0.102. The van der Waals surface area contributed by atoms with Crippen LogP contribution in [-0.2, 0) is 27.5 Å². The van der Waals surface area contributed by atoms with Crippen LogP contribution < -0.4 is 5.32 Å². The predicted octanol–water partition coefficient (Wildman–Crippen LogP) is 5.59. The number of nitrogens with zero attached hydrogens (tertiary/aromatic N) is 4. The van der Waals surface area contributed by atoms with Crippen LogP contribution in [0.25, 0.3) is 5.00 Å². The molecule has 6 rings (SSSR count). The van der Waals surface area contributed by atoms with E-state index in [1.807, 2.05) is 54.0 Å². The van der Waals surface area contributed by atoms with E-state index in [1.54, 1.807) is 11.3 Å². The van der Waals surface area contributed by atoms with Crippen molar-refractivity contribution >= 4 is 51.4 Å². The molecule has 2 aromatic heterocycles. The number of rotatable bonds is 4. The Morgan fingerprint density at radius 1 is 1.14 bits per heavy atom. The zero-order valence-electron chi connectivity index (χ0n) is 20.5. The maximum Gasteiger partial charge on any atom is 0.227 e. The molecule has 37 heavy (non-hydrogen) atoms. The van der Waals surface area contributed by atoms with Gasteiger partial charge in [0.1, 0.15) is 28.4 Å². The summed E-state index contributed by atoms with van der Waals surface area (Å²) in [6, 6.07) is 12.8. The second-order valence-corrected chi connectivity index (χ2v) is 12.5. The van der Waals surface area contributed by atoms with E-state index in [9.17, 15) is 9.35 Å². The lowest BCUT2D eigenvalue weighted by Crippen LogP contribution is -2.17. The van der Waals surface area contributed by atoms with Crippen molar-refractivity contribution < 1.29 is 9.35 Å². The molecule has 2 atom stereocenters. The van der Waals surface area contributed by atoms with Gasteiger partial charge >= 0.3 is 0 Å². The fraction of sp³-hybridized carbons (Fsp3) is 0.259. The Hall–Kier alpha value is -2.98. The number of aliphatic imine (C=N–C) groups is 1. The average molecular weight is 550 g/mol. The first-order valence-corrected chi connectivity index (χ1v) is 14.6. The number of aromatic nitrogens is 3. The molecule has 0 fully saturated rings. The van der Waals surface area contributed by atoms with E-state index < -0.39 is 17.2 Å². The minimum Gasteiger partial charge on any atom is -0.616 e. The van der Waals surface area contributed by atoms with Gasteiger partial charge in [-0.1, -0.05) is 29.8 Å². The van der Waals surface area contributed by atoms with Crippen LogP contribution in [-0.4, -0.2) is 30.9 Å². The summed E-state index contributed by atoms with van der Waals surface area (Å²) in [6.45, 7) is 6.12. The number of thiophene rings is 1. The van der Waals surface area contributed by atoms with Gasteiger partial charge in [0.2, 0.25) is 5.91 Å². The molecule has 188 valence electrons. The number of carbonyl (C=O) groups is 1. The largest absolute Gasteiger partial charge is 0.616 e. The topological polar surface area (TPSA) is 95.2 Å². The van der Waals surface area contributed by atoms with Crippen LogP contribution >= 0.6 is 22.9 Å². The molecular weight excluding hydrogens is 526 g/mol. The molecule has 1 N–H and O–H groups in total. The van der Waals surface area contributed by atoms with Crippen LogP contribution in [0.3, 0.4) is 0 Å². The van der Waals surface area contributed by atoms with E-state index in [1.165, 1.54) is 4.88 Å². The third-order valence-corrected chi connectivity index (χ3v) is 9.57. The van der Waals surface area contributed by atoms with Crippen LogP contribution in [0.2, 0.25) is 5.02 Å². The van der Waals surface area contributed by atoms with Gasteiger partial charge in [0, 0.05) is 37.8 Å². The molecular formula is C27H24ClN5O2S2. The van der Waals surface area contributed by atoms with Crippen molar-refractivity contribution in [3.63, 3.8) is 0 Å². The molecule has 0 spiro atoms. The van der Waals surface area contributed by atoms with Crippen molar-refractivity contribution in [1.82, 2.24) is 14.8 Å². The van der Waals surface area contributed by atoms with Gasteiger partial charge in [-0.25, -0.2) is 0 Å². The number of fused-ring (bicyclic) bond motifs is 4. The highest BCUT2D eigenvalue weighted by molar-refractivity contribution is 7.90. The van der Waals surface area contributed by atoms with Crippen molar-refractivity contribution in [2.24, 2.45) is 4.99 Å². The minimum absolute atomic E-state index is 0.102. The molecule has 0 bridgehead atoms. The monoisotopic (exact) mass is 549 g/mol. The maximum absolute atomic E-state index is 13.3. The normalized spacial score (nSPS) is 18.0. The number of aryl methyl sites for hydroxylation is 2. The number of hydrogen-bond donors (Lipinski definition) is 1. The van der Waals surface area contributed by atoms with Crippen LogP contribution in [0.4, 0.5) is 5.69 Å². The van der Waals surface area contributed by atoms with Gasteiger partial charge in [0.05, 0.1) is 12.1 Å². The van der Waals surface area contributed by atoms with Crippen LogP contribution in [0.5, 0.6) is 0 Å². The lowest BCUT2D eigenvalue weighted by molar-refractivity contribution is -0.116. The van der Waals surface area contributed by atoms with Gasteiger partial charge in [-0.05, 0) is 61.8 Å². The first-order valence-electron chi connectivity index (χ1n) is 11.9. The molecule has 10 heteroatoms. The van der Waals surface area contributed by atoms with Crippen molar-refractivity contribution in [1.29, 1.82) is 0 Å². The average Bonchev–Trinajstić information content (AvgIpc) is 3.48. The van der Waals surface area contributed by atoms with Crippen molar-refractivity contribution in [2.45, 2.75) is 44.7 Å². The number of nitrogens with one attached hydrogen (secondary N) is 1. The van der Waals surface area contributed by atoms with Crippen LogP contribution in [0, 0.1) is 20.8 Å². The highest BCUT2D eigenvalue weighted by Gasteiger charge is 2.32. The number of benzene rings is 2. The third kappa shape index (κ3) is 4.40. The zero-order valence-corrected chi connectivity index (χ0v) is 22.9. The molecule has 0 radical (unpaired) electrons. The van der Waals surface area contributed by atoms with Gasteiger partial charge < -0.3 is 9.87 Å². The highest BCUT2D eigenvalue weighted by atomic mass is 35.5. The Balaban J connectivity index is 1.39. The fourth-order valence-corrected chi connectivity index (χ4v) is 7.58. The number of hydrogen-bond acceptors (Lipinski definition) is 6. The number of amides is 1. The smallest absolute Gasteiger partial charge is 0.227 e. The van der Waals surface area contributed by atoms with Crippen LogP contribution in [0.1, 0.15) is 56.8 Å². The lowest BCUT2D eigenvalue weighted by Gasteiger charge is -2.13. The van der Waals surface area contributed by atoms with Crippen molar-refractivity contribution in [3.8, 4) is 5.00 Å². The molecule has 1 unspecified atom stereocenters. The van der Waals surface area contributed by atoms with Crippen molar-refractivity contribution in [2.75, 3.05) is 5.32 Å². The molecule has 2 aliphatic heterocycles. The van der Waals surface area contributed by atoms with Gasteiger partial charge in [0.25, 0.3) is 0 Å². The lowest BCUT2D eigenvalue weighted by atomic mass is 9.99. The summed E-state index contributed by atoms with van der Waals surface area (Å²) in [5.41, 5.74) is 6.73. The molecule has 2 aromatic carbocycles. The first-order chi connectivity index (χ1) is 17.8. The van der Waals surface area contributed by atoms with Gasteiger partial charge in [-0.15, -0.1) is 21.5 Å². The number of anilines is 1. The van der Waals surface area contributed by atoms with E-state index in [0.29, 0.717) is 28.0 Å². The van der Waals surface area contributed by atoms with Crippen LogP contribution in [0.15, 0.2) is 47.5 Å². The Kier molecular flexibility index (Phi) is 6.19. The second-order valence-electron chi connectivity index (χ2n) is 9.37. The molecule has 4 heterocycles. The standard InChI is InChI=1S/C27H24ClN5O2S2/c1-14-15(2)36-27-24(14)25(17-4-7-20(28)8-5-17)30-22(26-32-31-16(3)33(26)27)11-23(34)29-21-9-6-18-12-37(35)13-19(18)10-21/h4-10,22H,11-13H2,1-3H3,(H,29,34)/t22-,37?/m0/s1. The molecule has 2 aliphatic rings. The highest BCUT2D eigenvalue weighted by Crippen LogP contribution is 2.39. The Labute approximate surface area is 226 Å². The molecule has 4 aromatic rings. The molecule has 0 aliphatic carbocycles. The van der Waals surface area contributed by atoms with E-state index in [-0.39, 0.29) is 12.3 Å². The SMILES string of the molecule is Cc1sc2c(c1C)C(c1ccc(Cl)cc1)=N[C@@H](CC(=O)Nc1ccc3c(c1)C[S+]([O-])C3)c1nnc(C)n1-2. The summed E-state index contributed by atoms with van der Waals surface area (Å²) in [7, 11) is 0. The number of carbonyl (C=O) groups excluding carboxylic acids is 1. The van der Waals surface area contributed by atoms with E-state index in [0.717, 1.165) is 44.4 Å². The van der Waals surface area contributed by atoms with E-state index in [2.05, 4.69) is 29.4 Å². The summed E-state index contributed by atoms with van der Waals surface area (Å²) >= 11 is 6.99. The molecule has 0 saturated carbocycles. The fourth-order valence-electron chi connectivity index (χ4n) is 4.90. The Morgan fingerprint density at radius 2 is 1.89 bits per heavy atom. The second kappa shape index (κ2) is 9.40. The maximum atomic E-state index is 13.3. The molecule has 1 amide bonds. The first kappa shape index (κ1) is 24.4. The van der Waals surface area contributed by atoms with E-state index in [4.69, 9.17) is 16.6 Å². The summed E-state index contributed by atoms with van der Waals surface area (Å²) < 4.78 is 14.0. The van der Waals surface area contributed by atoms with E-state index >= 15 is 0 Å². The number of halogens is 1. The third-order valence-electron chi connectivity index (χ3n) is 6.86. The molecule has 0 saturated heterocycles.